The lowest BCUT2D eigenvalue weighted by molar-refractivity contribution is -0.121. The first-order valence-corrected chi connectivity index (χ1v) is 7.40. The molecule has 0 aromatic heterocycles. The van der Waals surface area contributed by atoms with E-state index in [9.17, 15) is 9.59 Å². The lowest BCUT2D eigenvalue weighted by Gasteiger charge is -2.12. The van der Waals surface area contributed by atoms with Gasteiger partial charge in [0.25, 0.3) is 0 Å². The highest BCUT2D eigenvalue weighted by molar-refractivity contribution is 5.76. The summed E-state index contributed by atoms with van der Waals surface area (Å²) in [5.41, 5.74) is 0.999. The highest BCUT2D eigenvalue weighted by Gasteiger charge is 2.07. The fourth-order valence-electron chi connectivity index (χ4n) is 1.91. The number of urea groups is 1. The number of aryl methyl sites for hydroxylation is 1. The molecule has 1 aromatic rings. The minimum absolute atomic E-state index is 0.0566. The summed E-state index contributed by atoms with van der Waals surface area (Å²) in [7, 11) is 6.49. The van der Waals surface area contributed by atoms with Gasteiger partial charge in [0.1, 0.15) is 0 Å². The monoisotopic (exact) mass is 323 g/mol. The molecule has 0 saturated heterocycles. The van der Waals surface area contributed by atoms with Crippen molar-refractivity contribution >= 4 is 11.9 Å². The maximum atomic E-state index is 11.8. The van der Waals surface area contributed by atoms with Gasteiger partial charge in [-0.2, -0.15) is 0 Å². The maximum absolute atomic E-state index is 11.8. The zero-order chi connectivity index (χ0) is 17.2. The Balaban J connectivity index is 2.32. The molecule has 0 aliphatic carbocycles. The van der Waals surface area contributed by atoms with Crippen molar-refractivity contribution in [2.75, 3.05) is 41.4 Å². The van der Waals surface area contributed by atoms with E-state index in [0.717, 1.165) is 5.56 Å². The molecular formula is C16H25N3O4. The molecule has 3 amide bonds. The molecule has 0 aliphatic heterocycles. The molecule has 0 spiro atoms. The molecule has 0 fully saturated rings. The smallest absolute Gasteiger partial charge is 0.316 e. The Labute approximate surface area is 136 Å². The van der Waals surface area contributed by atoms with Crippen molar-refractivity contribution in [2.24, 2.45) is 0 Å². The van der Waals surface area contributed by atoms with Crippen molar-refractivity contribution in [1.29, 1.82) is 0 Å². The van der Waals surface area contributed by atoms with Crippen molar-refractivity contribution in [3.63, 3.8) is 0 Å². The largest absolute Gasteiger partial charge is 0.493 e. The molecule has 1 rings (SSSR count). The third-order valence-corrected chi connectivity index (χ3v) is 3.22. The minimum Gasteiger partial charge on any atom is -0.493 e. The summed E-state index contributed by atoms with van der Waals surface area (Å²) in [5.74, 6) is 1.26. The van der Waals surface area contributed by atoms with E-state index in [1.54, 1.807) is 28.3 Å². The fourth-order valence-corrected chi connectivity index (χ4v) is 1.91. The van der Waals surface area contributed by atoms with Gasteiger partial charge in [-0.25, -0.2) is 4.79 Å². The molecule has 7 nitrogen and oxygen atoms in total. The maximum Gasteiger partial charge on any atom is 0.316 e. The summed E-state index contributed by atoms with van der Waals surface area (Å²) >= 11 is 0. The first-order valence-electron chi connectivity index (χ1n) is 7.40. The highest BCUT2D eigenvalue weighted by Crippen LogP contribution is 2.27. The van der Waals surface area contributed by atoms with Gasteiger partial charge in [0.15, 0.2) is 11.5 Å². The van der Waals surface area contributed by atoms with E-state index in [1.165, 1.54) is 4.90 Å². The van der Waals surface area contributed by atoms with E-state index in [1.807, 2.05) is 18.2 Å². The third kappa shape index (κ3) is 6.46. The highest BCUT2D eigenvalue weighted by atomic mass is 16.5. The second-order valence-corrected chi connectivity index (χ2v) is 5.17. The Morgan fingerprint density at radius 1 is 1.04 bits per heavy atom. The van der Waals surface area contributed by atoms with Gasteiger partial charge in [-0.15, -0.1) is 0 Å². The number of hydrogen-bond donors (Lipinski definition) is 2. The normalized spacial score (nSPS) is 9.91. The average molecular weight is 323 g/mol. The summed E-state index contributed by atoms with van der Waals surface area (Å²) in [4.78, 5) is 24.5. The van der Waals surface area contributed by atoms with Gasteiger partial charge in [-0.3, -0.25) is 4.79 Å². The standard InChI is InChI=1S/C16H25N3O4/c1-19(2)16(21)18-10-9-17-15(20)8-6-12-5-7-13(22-3)14(11-12)23-4/h5,7,11H,6,8-10H2,1-4H3,(H,17,20)(H,18,21). The molecule has 0 radical (unpaired) electrons. The molecule has 0 saturated carbocycles. The van der Waals surface area contributed by atoms with Crippen LogP contribution in [0.2, 0.25) is 0 Å². The quantitative estimate of drug-likeness (QED) is 0.700. The van der Waals surface area contributed by atoms with Crippen LogP contribution in [0.25, 0.3) is 0 Å². The summed E-state index contributed by atoms with van der Waals surface area (Å²) in [6, 6.07) is 5.42. The van der Waals surface area contributed by atoms with Crippen LogP contribution >= 0.6 is 0 Å². The second-order valence-electron chi connectivity index (χ2n) is 5.17. The molecule has 1 aromatic carbocycles. The molecule has 0 heterocycles. The predicted molar refractivity (Wildman–Crippen MR) is 88.0 cm³/mol. The van der Waals surface area contributed by atoms with Crippen LogP contribution in [0.3, 0.4) is 0 Å². The Morgan fingerprint density at radius 2 is 1.70 bits per heavy atom. The summed E-state index contributed by atoms with van der Waals surface area (Å²) in [6.07, 6.45) is 0.980. The molecule has 23 heavy (non-hydrogen) atoms. The van der Waals surface area contributed by atoms with Gasteiger partial charge < -0.3 is 25.0 Å². The zero-order valence-electron chi connectivity index (χ0n) is 14.1. The SMILES string of the molecule is COc1ccc(CCC(=O)NCCNC(=O)N(C)C)cc1OC. The Kier molecular flexibility index (Phi) is 7.73. The van der Waals surface area contributed by atoms with Gasteiger partial charge in [0, 0.05) is 33.6 Å². The van der Waals surface area contributed by atoms with E-state index in [0.29, 0.717) is 37.4 Å². The number of carbonyl (C=O) groups excluding carboxylic acids is 2. The van der Waals surface area contributed by atoms with Crippen LogP contribution < -0.4 is 20.1 Å². The number of benzene rings is 1. The number of rotatable bonds is 8. The summed E-state index contributed by atoms with van der Waals surface area (Å²) in [6.45, 7) is 0.809. The summed E-state index contributed by atoms with van der Waals surface area (Å²) < 4.78 is 10.4. The lowest BCUT2D eigenvalue weighted by Crippen LogP contribution is -2.39. The molecule has 0 aliphatic rings. The number of nitrogens with zero attached hydrogens (tertiary/aromatic N) is 1. The van der Waals surface area contributed by atoms with Gasteiger partial charge >= 0.3 is 6.03 Å². The van der Waals surface area contributed by atoms with Crippen molar-refractivity contribution in [3.05, 3.63) is 23.8 Å². The summed E-state index contributed by atoms with van der Waals surface area (Å²) in [5, 5.41) is 5.45. The molecule has 0 bridgehead atoms. The second kappa shape index (κ2) is 9.55. The van der Waals surface area contributed by atoms with E-state index in [-0.39, 0.29) is 11.9 Å². The number of methoxy groups -OCH3 is 2. The molecule has 2 N–H and O–H groups in total. The predicted octanol–water partition coefficient (Wildman–Crippen LogP) is 1.02. The first kappa shape index (κ1) is 18.6. The van der Waals surface area contributed by atoms with E-state index in [4.69, 9.17) is 9.47 Å². The van der Waals surface area contributed by atoms with Crippen LogP contribution in [-0.4, -0.2) is 58.2 Å². The molecule has 7 heteroatoms. The van der Waals surface area contributed by atoms with Crippen molar-refractivity contribution in [3.8, 4) is 11.5 Å². The van der Waals surface area contributed by atoms with Crippen molar-refractivity contribution < 1.29 is 19.1 Å². The van der Waals surface area contributed by atoms with Crippen molar-refractivity contribution in [2.45, 2.75) is 12.8 Å². The van der Waals surface area contributed by atoms with Crippen LogP contribution in [0.15, 0.2) is 18.2 Å². The third-order valence-electron chi connectivity index (χ3n) is 3.22. The van der Waals surface area contributed by atoms with E-state index >= 15 is 0 Å². The molecule has 128 valence electrons. The topological polar surface area (TPSA) is 79.9 Å². The van der Waals surface area contributed by atoms with E-state index < -0.39 is 0 Å². The number of ether oxygens (including phenoxy) is 2. The van der Waals surface area contributed by atoms with Gasteiger partial charge in [-0.05, 0) is 24.1 Å². The minimum atomic E-state index is -0.176. The average Bonchev–Trinajstić information content (AvgIpc) is 2.56. The number of amides is 3. The number of carbonyl (C=O) groups is 2. The fraction of sp³-hybridized carbons (Fsp3) is 0.500. The Hall–Kier alpha value is -2.44. The van der Waals surface area contributed by atoms with Gasteiger partial charge in [-0.1, -0.05) is 6.07 Å². The van der Waals surface area contributed by atoms with Crippen LogP contribution in [0.4, 0.5) is 4.79 Å². The molecule has 0 atom stereocenters. The Morgan fingerprint density at radius 3 is 2.30 bits per heavy atom. The van der Waals surface area contributed by atoms with E-state index in [2.05, 4.69) is 10.6 Å². The van der Waals surface area contributed by atoms with Crippen LogP contribution in [0, 0.1) is 0 Å². The van der Waals surface area contributed by atoms with Crippen LogP contribution in [0.1, 0.15) is 12.0 Å². The number of hydrogen-bond acceptors (Lipinski definition) is 4. The van der Waals surface area contributed by atoms with Crippen LogP contribution in [-0.2, 0) is 11.2 Å². The van der Waals surface area contributed by atoms with Gasteiger partial charge in [0.2, 0.25) is 5.91 Å². The molecular weight excluding hydrogens is 298 g/mol. The Bertz CT molecular complexity index is 532. The zero-order valence-corrected chi connectivity index (χ0v) is 14.1. The first-order chi connectivity index (χ1) is 11.0. The number of nitrogens with one attached hydrogen (secondary N) is 2. The molecule has 0 unspecified atom stereocenters. The van der Waals surface area contributed by atoms with Gasteiger partial charge in [0.05, 0.1) is 14.2 Å². The van der Waals surface area contributed by atoms with Crippen LogP contribution in [0.5, 0.6) is 11.5 Å². The van der Waals surface area contributed by atoms with Crippen molar-refractivity contribution in [1.82, 2.24) is 15.5 Å². The lowest BCUT2D eigenvalue weighted by atomic mass is 10.1.